The molecule has 108 valence electrons. The smallest absolute Gasteiger partial charge is 0.268 e. The lowest BCUT2D eigenvalue weighted by Crippen LogP contribution is -2.25. The number of furan rings is 1. The lowest BCUT2D eigenvalue weighted by atomic mass is 10.3. The van der Waals surface area contributed by atoms with Crippen molar-refractivity contribution in [3.05, 3.63) is 29.0 Å². The molecule has 0 unspecified atom stereocenters. The first-order valence-electron chi connectivity index (χ1n) is 6.39. The first-order chi connectivity index (χ1) is 9.61. The van der Waals surface area contributed by atoms with Gasteiger partial charge >= 0.3 is 0 Å². The SMILES string of the molecule is CCCNc1nc(N)c(C(=O)N(C)Cc2ccco2)s1. The number of carbonyl (C=O) groups excluding carboxylic acids is 1. The van der Waals surface area contributed by atoms with Gasteiger partial charge in [-0.1, -0.05) is 18.3 Å². The second-order valence-corrected chi connectivity index (χ2v) is 5.40. The lowest BCUT2D eigenvalue weighted by Gasteiger charge is -2.14. The largest absolute Gasteiger partial charge is 0.467 e. The zero-order valence-electron chi connectivity index (χ0n) is 11.5. The average molecular weight is 294 g/mol. The number of nitrogens with one attached hydrogen (secondary N) is 1. The van der Waals surface area contributed by atoms with Crippen molar-refractivity contribution < 1.29 is 9.21 Å². The second kappa shape index (κ2) is 6.42. The number of hydrogen-bond donors (Lipinski definition) is 2. The molecular weight excluding hydrogens is 276 g/mol. The summed E-state index contributed by atoms with van der Waals surface area (Å²) in [5.74, 6) is 0.846. The molecule has 2 rings (SSSR count). The minimum absolute atomic E-state index is 0.152. The normalized spacial score (nSPS) is 10.5. The molecule has 2 aromatic rings. The highest BCUT2D eigenvalue weighted by Crippen LogP contribution is 2.26. The van der Waals surface area contributed by atoms with Crippen molar-refractivity contribution in [2.45, 2.75) is 19.9 Å². The van der Waals surface area contributed by atoms with Gasteiger partial charge in [-0.2, -0.15) is 0 Å². The van der Waals surface area contributed by atoms with Gasteiger partial charge in [0.05, 0.1) is 12.8 Å². The van der Waals surface area contributed by atoms with Gasteiger partial charge < -0.3 is 20.4 Å². The Morgan fingerprint density at radius 2 is 2.40 bits per heavy atom. The van der Waals surface area contributed by atoms with Gasteiger partial charge in [0.15, 0.2) is 5.13 Å². The molecule has 6 nitrogen and oxygen atoms in total. The Morgan fingerprint density at radius 3 is 3.05 bits per heavy atom. The Labute approximate surface area is 121 Å². The van der Waals surface area contributed by atoms with E-state index in [0.29, 0.717) is 16.6 Å². The molecule has 2 aromatic heterocycles. The van der Waals surface area contributed by atoms with Gasteiger partial charge in [0.2, 0.25) is 0 Å². The van der Waals surface area contributed by atoms with Crippen LogP contribution in [0.3, 0.4) is 0 Å². The van der Waals surface area contributed by atoms with E-state index in [1.807, 2.05) is 6.07 Å². The molecule has 0 aliphatic carbocycles. The molecule has 20 heavy (non-hydrogen) atoms. The van der Waals surface area contributed by atoms with Crippen LogP contribution in [0.4, 0.5) is 10.9 Å². The zero-order chi connectivity index (χ0) is 14.5. The molecule has 0 atom stereocenters. The number of amides is 1. The van der Waals surface area contributed by atoms with E-state index in [4.69, 9.17) is 10.2 Å². The van der Waals surface area contributed by atoms with E-state index >= 15 is 0 Å². The van der Waals surface area contributed by atoms with Crippen LogP contribution in [-0.2, 0) is 6.54 Å². The van der Waals surface area contributed by atoms with Crippen LogP contribution < -0.4 is 11.1 Å². The molecule has 3 N–H and O–H groups in total. The van der Waals surface area contributed by atoms with Gasteiger partial charge in [-0.3, -0.25) is 4.79 Å². The van der Waals surface area contributed by atoms with Gasteiger partial charge in [0.25, 0.3) is 5.91 Å². The number of nitrogen functional groups attached to an aromatic ring is 1. The van der Waals surface area contributed by atoms with Crippen LogP contribution in [0.25, 0.3) is 0 Å². The molecule has 1 amide bonds. The number of anilines is 2. The van der Waals surface area contributed by atoms with Crippen LogP contribution in [0, 0.1) is 0 Å². The first kappa shape index (κ1) is 14.4. The first-order valence-corrected chi connectivity index (χ1v) is 7.21. The Balaban J connectivity index is 2.06. The quantitative estimate of drug-likeness (QED) is 0.854. The van der Waals surface area contributed by atoms with Crippen molar-refractivity contribution >= 4 is 28.2 Å². The summed E-state index contributed by atoms with van der Waals surface area (Å²) in [7, 11) is 1.71. The van der Waals surface area contributed by atoms with E-state index in [1.165, 1.54) is 11.3 Å². The molecule has 0 spiro atoms. The molecule has 0 aliphatic heterocycles. The summed E-state index contributed by atoms with van der Waals surface area (Å²) in [4.78, 5) is 18.5. The minimum atomic E-state index is -0.152. The van der Waals surface area contributed by atoms with Crippen molar-refractivity contribution in [1.29, 1.82) is 0 Å². The summed E-state index contributed by atoms with van der Waals surface area (Å²) in [5.41, 5.74) is 5.81. The summed E-state index contributed by atoms with van der Waals surface area (Å²) in [6.07, 6.45) is 2.57. The van der Waals surface area contributed by atoms with Crippen LogP contribution in [0.2, 0.25) is 0 Å². The van der Waals surface area contributed by atoms with E-state index in [0.717, 1.165) is 18.7 Å². The van der Waals surface area contributed by atoms with Crippen molar-refractivity contribution in [2.24, 2.45) is 0 Å². The second-order valence-electron chi connectivity index (χ2n) is 4.40. The predicted molar refractivity (Wildman–Crippen MR) is 79.8 cm³/mol. The molecule has 0 fully saturated rings. The molecule has 0 aliphatic rings. The van der Waals surface area contributed by atoms with E-state index < -0.39 is 0 Å². The number of aromatic nitrogens is 1. The van der Waals surface area contributed by atoms with Crippen molar-refractivity contribution in [3.8, 4) is 0 Å². The van der Waals surface area contributed by atoms with Crippen LogP contribution >= 0.6 is 11.3 Å². The maximum Gasteiger partial charge on any atom is 0.268 e. The number of rotatable bonds is 6. The van der Waals surface area contributed by atoms with Gasteiger partial charge in [0.1, 0.15) is 16.5 Å². The molecular formula is C13H18N4O2S. The fourth-order valence-corrected chi connectivity index (χ4v) is 2.58. The zero-order valence-corrected chi connectivity index (χ0v) is 12.4. The van der Waals surface area contributed by atoms with E-state index in [-0.39, 0.29) is 11.7 Å². The fourth-order valence-electron chi connectivity index (χ4n) is 1.67. The van der Waals surface area contributed by atoms with Crippen LogP contribution in [0.1, 0.15) is 28.8 Å². The monoisotopic (exact) mass is 294 g/mol. The van der Waals surface area contributed by atoms with Gasteiger partial charge in [-0.15, -0.1) is 0 Å². The molecule has 7 heteroatoms. The van der Waals surface area contributed by atoms with Crippen LogP contribution in [0.15, 0.2) is 22.8 Å². The minimum Gasteiger partial charge on any atom is -0.467 e. The molecule has 0 saturated carbocycles. The third-order valence-corrected chi connectivity index (χ3v) is 3.71. The average Bonchev–Trinajstić information content (AvgIpc) is 3.05. The van der Waals surface area contributed by atoms with Crippen LogP contribution in [-0.4, -0.2) is 29.4 Å². The highest BCUT2D eigenvalue weighted by molar-refractivity contribution is 7.18. The van der Waals surface area contributed by atoms with E-state index in [1.54, 1.807) is 24.3 Å². The van der Waals surface area contributed by atoms with Gasteiger partial charge in [-0.05, 0) is 18.6 Å². The predicted octanol–water partition coefficient (Wildman–Crippen LogP) is 2.41. The standard InChI is InChI=1S/C13H18N4O2S/c1-3-6-15-13-16-11(14)10(20-13)12(18)17(2)8-9-5-4-7-19-9/h4-5,7H,3,6,8,14H2,1-2H3,(H,15,16). The molecule has 0 saturated heterocycles. The van der Waals surface area contributed by atoms with E-state index in [2.05, 4.69) is 17.2 Å². The highest BCUT2D eigenvalue weighted by Gasteiger charge is 2.20. The number of nitrogens with zero attached hydrogens (tertiary/aromatic N) is 2. The van der Waals surface area contributed by atoms with Crippen molar-refractivity contribution in [1.82, 2.24) is 9.88 Å². The summed E-state index contributed by atoms with van der Waals surface area (Å²) in [6, 6.07) is 3.62. The summed E-state index contributed by atoms with van der Waals surface area (Å²) >= 11 is 1.28. The Bertz CT molecular complexity index is 565. The summed E-state index contributed by atoms with van der Waals surface area (Å²) in [6.45, 7) is 3.27. The van der Waals surface area contributed by atoms with Crippen molar-refractivity contribution in [2.75, 3.05) is 24.6 Å². The molecule has 0 bridgehead atoms. The summed E-state index contributed by atoms with van der Waals surface area (Å²) in [5, 5.41) is 3.81. The number of hydrogen-bond acceptors (Lipinski definition) is 6. The summed E-state index contributed by atoms with van der Waals surface area (Å²) < 4.78 is 5.23. The number of carbonyl (C=O) groups is 1. The Morgan fingerprint density at radius 1 is 1.60 bits per heavy atom. The molecule has 2 heterocycles. The Kier molecular flexibility index (Phi) is 4.62. The maximum absolute atomic E-state index is 12.3. The third-order valence-electron chi connectivity index (χ3n) is 2.69. The number of thiazole rings is 1. The van der Waals surface area contributed by atoms with E-state index in [9.17, 15) is 4.79 Å². The van der Waals surface area contributed by atoms with Crippen LogP contribution in [0.5, 0.6) is 0 Å². The molecule has 0 aromatic carbocycles. The van der Waals surface area contributed by atoms with Gasteiger partial charge in [0, 0.05) is 13.6 Å². The van der Waals surface area contributed by atoms with Crippen molar-refractivity contribution in [3.63, 3.8) is 0 Å². The maximum atomic E-state index is 12.3. The third kappa shape index (κ3) is 3.30. The molecule has 0 radical (unpaired) electrons. The fraction of sp³-hybridized carbons (Fsp3) is 0.385. The number of nitrogens with two attached hydrogens (primary N) is 1. The highest BCUT2D eigenvalue weighted by atomic mass is 32.1. The lowest BCUT2D eigenvalue weighted by molar-refractivity contribution is 0.0781. The Hall–Kier alpha value is -2.02. The topological polar surface area (TPSA) is 84.4 Å². The van der Waals surface area contributed by atoms with Gasteiger partial charge in [-0.25, -0.2) is 4.98 Å².